The van der Waals surface area contributed by atoms with Crippen LogP contribution in [-0.4, -0.2) is 18.4 Å². The van der Waals surface area contributed by atoms with Crippen LogP contribution >= 0.6 is 15.9 Å². The van der Waals surface area contributed by atoms with Gasteiger partial charge in [0.2, 0.25) is 15.0 Å². The zero-order chi connectivity index (χ0) is 13.2. The Bertz CT molecular complexity index is 642. The predicted octanol–water partition coefficient (Wildman–Crippen LogP) is 2.35. The first kappa shape index (κ1) is 13.1. The maximum absolute atomic E-state index is 12.7. The first-order valence-electron chi connectivity index (χ1n) is 4.92. The van der Waals surface area contributed by atoms with Gasteiger partial charge in [0, 0.05) is 12.4 Å². The van der Waals surface area contributed by atoms with Crippen molar-refractivity contribution in [3.63, 3.8) is 0 Å². The van der Waals surface area contributed by atoms with Crippen molar-refractivity contribution in [2.45, 2.75) is 10.9 Å². The van der Waals surface area contributed by atoms with Gasteiger partial charge < -0.3 is 0 Å². The van der Waals surface area contributed by atoms with Crippen molar-refractivity contribution in [2.75, 3.05) is 0 Å². The molecule has 0 aliphatic heterocycles. The topological polar surface area (TPSA) is 59.9 Å². The van der Waals surface area contributed by atoms with Gasteiger partial charge in [-0.25, -0.2) is 22.8 Å². The molecule has 0 radical (unpaired) electrons. The summed E-state index contributed by atoms with van der Waals surface area (Å²) in [6.45, 7) is 0. The van der Waals surface area contributed by atoms with Crippen LogP contribution in [0.1, 0.15) is 5.56 Å². The quantitative estimate of drug-likeness (QED) is 0.810. The number of aromatic nitrogens is 2. The average Bonchev–Trinajstić information content (AvgIpc) is 2.32. The lowest BCUT2D eigenvalue weighted by molar-refractivity contribution is 0.585. The Hall–Kier alpha value is -1.34. The van der Waals surface area contributed by atoms with E-state index in [1.165, 1.54) is 36.7 Å². The third kappa shape index (κ3) is 3.11. The molecule has 0 atom stereocenters. The van der Waals surface area contributed by atoms with Crippen LogP contribution in [0.25, 0.3) is 0 Å². The van der Waals surface area contributed by atoms with Gasteiger partial charge in [-0.2, -0.15) is 0 Å². The summed E-state index contributed by atoms with van der Waals surface area (Å²) >= 11 is 3.13. The molecule has 0 saturated carbocycles. The van der Waals surface area contributed by atoms with Gasteiger partial charge in [0.1, 0.15) is 5.82 Å². The van der Waals surface area contributed by atoms with E-state index in [1.807, 2.05) is 0 Å². The van der Waals surface area contributed by atoms with Gasteiger partial charge in [-0.05, 0) is 33.6 Å². The molecule has 1 aromatic carbocycles. The molecule has 0 unspecified atom stereocenters. The molecule has 18 heavy (non-hydrogen) atoms. The van der Waals surface area contributed by atoms with Gasteiger partial charge in [0.25, 0.3) is 0 Å². The predicted molar refractivity (Wildman–Crippen MR) is 67.0 cm³/mol. The molecule has 1 heterocycles. The van der Waals surface area contributed by atoms with Crippen LogP contribution in [0.4, 0.5) is 4.39 Å². The number of hydrogen-bond acceptors (Lipinski definition) is 4. The van der Waals surface area contributed by atoms with Gasteiger partial charge in [0.05, 0.1) is 10.2 Å². The second-order valence-electron chi connectivity index (χ2n) is 3.57. The highest BCUT2D eigenvalue weighted by Gasteiger charge is 2.18. The lowest BCUT2D eigenvalue weighted by atomic mass is 10.2. The molecule has 0 spiro atoms. The Labute approximate surface area is 112 Å². The SMILES string of the molecule is O=S(=O)(Cc1ccc(F)cc1)c1ncc(Br)cn1. The standard InChI is InChI=1S/C11H8BrFN2O2S/c12-9-5-14-11(15-6-9)18(16,17)7-8-1-3-10(13)4-2-8/h1-6H,7H2. The number of sulfone groups is 1. The average molecular weight is 331 g/mol. The monoisotopic (exact) mass is 330 g/mol. The van der Waals surface area contributed by atoms with Crippen LogP contribution in [0.5, 0.6) is 0 Å². The van der Waals surface area contributed by atoms with Gasteiger partial charge in [-0.3, -0.25) is 0 Å². The summed E-state index contributed by atoms with van der Waals surface area (Å²) < 4.78 is 37.2. The summed E-state index contributed by atoms with van der Waals surface area (Å²) in [5.74, 6) is -0.661. The van der Waals surface area contributed by atoms with Crippen molar-refractivity contribution in [1.29, 1.82) is 0 Å². The molecule has 0 amide bonds. The first-order chi connectivity index (χ1) is 8.47. The smallest absolute Gasteiger partial charge is 0.226 e. The van der Waals surface area contributed by atoms with Crippen LogP contribution in [0.15, 0.2) is 46.3 Å². The Kier molecular flexibility index (Phi) is 3.72. The second kappa shape index (κ2) is 5.11. The zero-order valence-corrected chi connectivity index (χ0v) is 11.4. The molecule has 4 nitrogen and oxygen atoms in total. The van der Waals surface area contributed by atoms with Crippen molar-refractivity contribution in [3.05, 3.63) is 52.5 Å². The molecule has 2 aromatic rings. The Balaban J connectivity index is 2.27. The maximum Gasteiger partial charge on any atom is 0.247 e. The van der Waals surface area contributed by atoms with Crippen molar-refractivity contribution in [3.8, 4) is 0 Å². The third-order valence-electron chi connectivity index (χ3n) is 2.14. The first-order valence-corrected chi connectivity index (χ1v) is 7.37. The highest BCUT2D eigenvalue weighted by molar-refractivity contribution is 9.10. The van der Waals surface area contributed by atoms with E-state index in [0.717, 1.165) is 0 Å². The molecule has 94 valence electrons. The minimum atomic E-state index is -3.61. The van der Waals surface area contributed by atoms with Crippen molar-refractivity contribution < 1.29 is 12.8 Å². The van der Waals surface area contributed by atoms with Gasteiger partial charge in [-0.1, -0.05) is 12.1 Å². The van der Waals surface area contributed by atoms with E-state index in [-0.39, 0.29) is 10.9 Å². The molecule has 7 heteroatoms. The van der Waals surface area contributed by atoms with E-state index in [1.54, 1.807) is 0 Å². The lowest BCUT2D eigenvalue weighted by Gasteiger charge is -2.03. The molecule has 1 aromatic heterocycles. The molecule has 2 rings (SSSR count). The highest BCUT2D eigenvalue weighted by Crippen LogP contribution is 2.14. The van der Waals surface area contributed by atoms with Gasteiger partial charge in [0.15, 0.2) is 0 Å². The van der Waals surface area contributed by atoms with Crippen molar-refractivity contribution in [2.24, 2.45) is 0 Å². The molecule has 0 bridgehead atoms. The third-order valence-corrected chi connectivity index (χ3v) is 4.03. The minimum absolute atomic E-state index is 0.241. The van der Waals surface area contributed by atoms with Crippen LogP contribution in [0.2, 0.25) is 0 Å². The largest absolute Gasteiger partial charge is 0.247 e. The highest BCUT2D eigenvalue weighted by atomic mass is 79.9. The van der Waals surface area contributed by atoms with Crippen molar-refractivity contribution >= 4 is 25.8 Å². The second-order valence-corrected chi connectivity index (χ2v) is 6.37. The normalized spacial score (nSPS) is 11.4. The van der Waals surface area contributed by atoms with E-state index in [9.17, 15) is 12.8 Å². The molecule has 0 N–H and O–H groups in total. The Morgan fingerprint density at radius 3 is 2.22 bits per heavy atom. The summed E-state index contributed by atoms with van der Waals surface area (Å²) in [6, 6.07) is 5.28. The Morgan fingerprint density at radius 2 is 1.67 bits per heavy atom. The summed E-state index contributed by atoms with van der Waals surface area (Å²) in [5, 5.41) is -0.241. The van der Waals surface area contributed by atoms with Gasteiger partial charge in [-0.15, -0.1) is 0 Å². The summed E-state index contributed by atoms with van der Waals surface area (Å²) in [4.78, 5) is 7.49. The number of rotatable bonds is 3. The Morgan fingerprint density at radius 1 is 1.11 bits per heavy atom. The van der Waals surface area contributed by atoms with E-state index < -0.39 is 15.7 Å². The van der Waals surface area contributed by atoms with Gasteiger partial charge >= 0.3 is 0 Å². The van der Waals surface area contributed by atoms with Crippen molar-refractivity contribution in [1.82, 2.24) is 9.97 Å². The molecule has 0 aliphatic rings. The molecular formula is C11H8BrFN2O2S. The van der Waals surface area contributed by atoms with E-state index in [4.69, 9.17) is 0 Å². The summed E-state index contributed by atoms with van der Waals surface area (Å²) in [6.07, 6.45) is 2.73. The fraction of sp³-hybridized carbons (Fsp3) is 0.0909. The molecule has 0 saturated heterocycles. The van der Waals surface area contributed by atoms with E-state index in [0.29, 0.717) is 10.0 Å². The van der Waals surface area contributed by atoms with Crippen LogP contribution < -0.4 is 0 Å². The minimum Gasteiger partial charge on any atom is -0.226 e. The summed E-state index contributed by atoms with van der Waals surface area (Å²) in [5.41, 5.74) is 0.489. The molecule has 0 fully saturated rings. The maximum atomic E-state index is 12.7. The van der Waals surface area contributed by atoms with Crippen LogP contribution in [-0.2, 0) is 15.6 Å². The van der Waals surface area contributed by atoms with Crippen LogP contribution in [0, 0.1) is 5.82 Å². The molecule has 0 aliphatic carbocycles. The van der Waals surface area contributed by atoms with E-state index >= 15 is 0 Å². The number of nitrogens with zero attached hydrogens (tertiary/aromatic N) is 2. The molecular weight excluding hydrogens is 323 g/mol. The fourth-order valence-corrected chi connectivity index (χ4v) is 2.72. The number of halogens is 2. The summed E-state index contributed by atoms with van der Waals surface area (Å²) in [7, 11) is -3.61. The fourth-order valence-electron chi connectivity index (χ4n) is 1.33. The van der Waals surface area contributed by atoms with Crippen LogP contribution in [0.3, 0.4) is 0 Å². The number of benzene rings is 1. The number of hydrogen-bond donors (Lipinski definition) is 0. The lowest BCUT2D eigenvalue weighted by Crippen LogP contribution is -2.09. The van der Waals surface area contributed by atoms with E-state index in [2.05, 4.69) is 25.9 Å². The zero-order valence-electron chi connectivity index (χ0n) is 9.05.